The molecule has 0 aromatic rings. The second kappa shape index (κ2) is 1.55. The summed E-state index contributed by atoms with van der Waals surface area (Å²) in [5, 5.41) is 10.5. The number of hydrogen-bond donors (Lipinski definition) is 3. The van der Waals surface area contributed by atoms with Crippen molar-refractivity contribution in [3.05, 3.63) is 0 Å². The van der Waals surface area contributed by atoms with Crippen molar-refractivity contribution in [2.75, 3.05) is 19.6 Å². The quantitative estimate of drug-likeness (QED) is 0.364. The largest absolute Gasteiger partial charge is 0.313 e. The monoisotopic (exact) mass is 139 g/mol. The summed E-state index contributed by atoms with van der Waals surface area (Å²) in [6, 6.07) is 1.51. The van der Waals surface area contributed by atoms with Crippen molar-refractivity contribution < 1.29 is 0 Å². The van der Waals surface area contributed by atoms with Crippen molar-refractivity contribution >= 4 is 0 Å². The van der Waals surface area contributed by atoms with Crippen LogP contribution in [0.3, 0.4) is 0 Å². The minimum atomic E-state index is 0.522. The Hall–Kier alpha value is -0.120. The van der Waals surface area contributed by atoms with Crippen LogP contribution in [0.1, 0.15) is 6.42 Å². The van der Waals surface area contributed by atoms with Crippen molar-refractivity contribution in [2.45, 2.75) is 24.0 Å². The summed E-state index contributed by atoms with van der Waals surface area (Å²) >= 11 is 0. The first-order chi connectivity index (χ1) is 4.89. The number of hydrogen-bond acceptors (Lipinski definition) is 3. The molecular weight excluding hydrogens is 126 g/mol. The van der Waals surface area contributed by atoms with Crippen LogP contribution in [0.25, 0.3) is 0 Å². The van der Waals surface area contributed by atoms with E-state index in [1.807, 2.05) is 0 Å². The van der Waals surface area contributed by atoms with E-state index in [9.17, 15) is 0 Å². The number of piperidine rings is 2. The summed E-state index contributed by atoms with van der Waals surface area (Å²) in [5.41, 5.74) is 0.522. The van der Waals surface area contributed by atoms with Crippen molar-refractivity contribution in [1.82, 2.24) is 16.0 Å². The fourth-order valence-corrected chi connectivity index (χ4v) is 2.41. The summed E-state index contributed by atoms with van der Waals surface area (Å²) in [6.45, 7) is 3.54. The van der Waals surface area contributed by atoms with Crippen LogP contribution < -0.4 is 16.0 Å². The zero-order chi connectivity index (χ0) is 6.60. The smallest absolute Gasteiger partial charge is 0.0492 e. The number of rotatable bonds is 0. The second-order valence-electron chi connectivity index (χ2n) is 3.79. The van der Waals surface area contributed by atoms with Gasteiger partial charge in [-0.2, -0.15) is 0 Å². The van der Waals surface area contributed by atoms with Gasteiger partial charge >= 0.3 is 0 Å². The molecule has 0 amide bonds. The molecule has 10 heavy (non-hydrogen) atoms. The lowest BCUT2D eigenvalue weighted by Crippen LogP contribution is -2.56. The van der Waals surface area contributed by atoms with Gasteiger partial charge in [-0.3, -0.25) is 0 Å². The lowest BCUT2D eigenvalue weighted by molar-refractivity contribution is 0.298. The Bertz CT molecular complexity index is 168. The van der Waals surface area contributed by atoms with Crippen LogP contribution in [-0.2, 0) is 0 Å². The highest BCUT2D eigenvalue weighted by Crippen LogP contribution is 2.35. The molecular formula is C7H13N3. The molecule has 3 unspecified atom stereocenters. The van der Waals surface area contributed by atoms with Gasteiger partial charge in [0.1, 0.15) is 0 Å². The maximum Gasteiger partial charge on any atom is 0.0492 e. The standard InChI is InChI=1S/C7H13N3/c1-5-2-8-4-7(1)6(10-7)3-9-5/h5-6,8-10H,1-4H2. The van der Waals surface area contributed by atoms with Crippen LogP contribution in [0.15, 0.2) is 0 Å². The van der Waals surface area contributed by atoms with E-state index in [0.717, 1.165) is 18.6 Å². The van der Waals surface area contributed by atoms with Gasteiger partial charge in [0.25, 0.3) is 0 Å². The van der Waals surface area contributed by atoms with E-state index in [1.54, 1.807) is 0 Å². The van der Waals surface area contributed by atoms with E-state index in [4.69, 9.17) is 0 Å². The minimum absolute atomic E-state index is 0.522. The van der Waals surface area contributed by atoms with Crippen LogP contribution in [0, 0.1) is 0 Å². The maximum absolute atomic E-state index is 3.55. The van der Waals surface area contributed by atoms with Crippen LogP contribution in [0.5, 0.6) is 0 Å². The highest BCUT2D eigenvalue weighted by Gasteiger charge is 2.57. The SMILES string of the molecule is C1NCC23CC1NCC2N3. The highest BCUT2D eigenvalue weighted by molar-refractivity contribution is 5.22. The Morgan fingerprint density at radius 3 is 3.20 bits per heavy atom. The van der Waals surface area contributed by atoms with Gasteiger partial charge in [0.2, 0.25) is 0 Å². The summed E-state index contributed by atoms with van der Waals surface area (Å²) in [6.07, 6.45) is 1.34. The molecule has 2 bridgehead atoms. The fourth-order valence-electron chi connectivity index (χ4n) is 2.41. The normalized spacial score (nSPS) is 57.6. The van der Waals surface area contributed by atoms with Gasteiger partial charge in [0.05, 0.1) is 0 Å². The van der Waals surface area contributed by atoms with Gasteiger partial charge in [0.15, 0.2) is 0 Å². The van der Waals surface area contributed by atoms with Gasteiger partial charge in [-0.05, 0) is 6.42 Å². The lowest BCUT2D eigenvalue weighted by atomic mass is 9.89. The topological polar surface area (TPSA) is 46.0 Å². The summed E-state index contributed by atoms with van der Waals surface area (Å²) in [5.74, 6) is 0. The van der Waals surface area contributed by atoms with E-state index in [0.29, 0.717) is 5.54 Å². The Morgan fingerprint density at radius 2 is 2.30 bits per heavy atom. The average Bonchev–Trinajstić information content (AvgIpc) is 2.60. The van der Waals surface area contributed by atoms with Crippen molar-refractivity contribution in [3.63, 3.8) is 0 Å². The molecule has 3 nitrogen and oxygen atoms in total. The Kier molecular flexibility index (Phi) is 0.854. The molecule has 3 saturated heterocycles. The predicted molar refractivity (Wildman–Crippen MR) is 38.9 cm³/mol. The van der Waals surface area contributed by atoms with Gasteiger partial charge in [-0.25, -0.2) is 0 Å². The van der Waals surface area contributed by atoms with Crippen molar-refractivity contribution in [3.8, 4) is 0 Å². The number of nitrogens with one attached hydrogen (secondary N) is 3. The molecule has 0 aliphatic carbocycles. The molecule has 0 saturated carbocycles. The Labute approximate surface area is 60.6 Å². The van der Waals surface area contributed by atoms with Crippen LogP contribution in [0.4, 0.5) is 0 Å². The summed E-state index contributed by atoms with van der Waals surface area (Å²) in [4.78, 5) is 0. The van der Waals surface area contributed by atoms with Gasteiger partial charge < -0.3 is 16.0 Å². The van der Waals surface area contributed by atoms with E-state index >= 15 is 0 Å². The molecule has 3 fully saturated rings. The van der Waals surface area contributed by atoms with E-state index in [2.05, 4.69) is 16.0 Å². The van der Waals surface area contributed by atoms with Crippen molar-refractivity contribution in [2.24, 2.45) is 0 Å². The first-order valence-corrected chi connectivity index (χ1v) is 4.11. The Balaban J connectivity index is 1.87. The molecule has 0 aromatic carbocycles. The highest BCUT2D eigenvalue weighted by atomic mass is 15.3. The third-order valence-electron chi connectivity index (χ3n) is 3.10. The average molecular weight is 139 g/mol. The minimum Gasteiger partial charge on any atom is -0.313 e. The van der Waals surface area contributed by atoms with E-state index < -0.39 is 0 Å². The molecule has 56 valence electrons. The van der Waals surface area contributed by atoms with Crippen LogP contribution in [0.2, 0.25) is 0 Å². The lowest BCUT2D eigenvalue weighted by Gasteiger charge is -2.34. The zero-order valence-electron chi connectivity index (χ0n) is 5.98. The predicted octanol–water partition coefficient (Wildman–Crippen LogP) is -1.34. The van der Waals surface area contributed by atoms with Gasteiger partial charge in [-0.1, -0.05) is 0 Å². The summed E-state index contributed by atoms with van der Waals surface area (Å²) in [7, 11) is 0. The number of fused-ring (bicyclic) bond motifs is 1. The molecule has 1 spiro atoms. The molecule has 0 aromatic heterocycles. The fraction of sp³-hybridized carbons (Fsp3) is 1.00. The van der Waals surface area contributed by atoms with Crippen molar-refractivity contribution in [1.29, 1.82) is 0 Å². The Morgan fingerprint density at radius 1 is 1.30 bits per heavy atom. The molecule has 3 rings (SSSR count). The van der Waals surface area contributed by atoms with Crippen LogP contribution in [-0.4, -0.2) is 37.3 Å². The second-order valence-corrected chi connectivity index (χ2v) is 3.79. The molecule has 3 heteroatoms. The third kappa shape index (κ3) is 0.557. The summed E-state index contributed by atoms with van der Waals surface area (Å²) < 4.78 is 0. The first-order valence-electron chi connectivity index (χ1n) is 4.11. The van der Waals surface area contributed by atoms with Gasteiger partial charge in [-0.15, -0.1) is 0 Å². The third-order valence-corrected chi connectivity index (χ3v) is 3.10. The molecule has 0 radical (unpaired) electrons. The molecule has 3 aliphatic rings. The molecule has 3 atom stereocenters. The van der Waals surface area contributed by atoms with E-state index in [1.165, 1.54) is 19.5 Å². The molecule has 3 aliphatic heterocycles. The molecule has 3 N–H and O–H groups in total. The van der Waals surface area contributed by atoms with Gasteiger partial charge in [0, 0.05) is 37.3 Å². The molecule has 3 heterocycles. The first kappa shape index (κ1) is 5.52. The van der Waals surface area contributed by atoms with E-state index in [-0.39, 0.29) is 0 Å². The maximum atomic E-state index is 3.55. The van der Waals surface area contributed by atoms with Crippen LogP contribution >= 0.6 is 0 Å². The zero-order valence-corrected chi connectivity index (χ0v) is 5.98.